The van der Waals surface area contributed by atoms with Crippen molar-refractivity contribution in [3.05, 3.63) is 0 Å². The van der Waals surface area contributed by atoms with E-state index in [9.17, 15) is 4.79 Å². The third-order valence-corrected chi connectivity index (χ3v) is 3.59. The Morgan fingerprint density at radius 2 is 1.69 bits per heavy atom. The number of rotatable bonds is 3. The molecular weight excluding hydrogens is 202 g/mol. The first-order valence-corrected chi connectivity index (χ1v) is 6.13. The highest BCUT2D eigenvalue weighted by atomic mass is 16.2. The molecule has 0 heterocycles. The molecule has 0 saturated heterocycles. The Bertz CT molecular complexity index is 240. The molecule has 0 radical (unpaired) electrons. The van der Waals surface area contributed by atoms with Gasteiger partial charge in [0.15, 0.2) is 0 Å². The minimum atomic E-state index is -0.394. The second-order valence-corrected chi connectivity index (χ2v) is 5.12. The highest BCUT2D eigenvalue weighted by Crippen LogP contribution is 2.25. The Kier molecular flexibility index (Phi) is 4.74. The molecule has 1 amide bonds. The molecule has 0 spiro atoms. The van der Waals surface area contributed by atoms with Crippen molar-refractivity contribution < 1.29 is 4.79 Å². The van der Waals surface area contributed by atoms with Gasteiger partial charge in [-0.25, -0.2) is 0 Å². The van der Waals surface area contributed by atoms with Gasteiger partial charge in [-0.2, -0.15) is 0 Å². The second kappa shape index (κ2) is 5.64. The van der Waals surface area contributed by atoms with Crippen LogP contribution in [0.15, 0.2) is 0 Å². The molecule has 1 fully saturated rings. The van der Waals surface area contributed by atoms with E-state index >= 15 is 0 Å². The minimum absolute atomic E-state index is 0.0544. The summed E-state index contributed by atoms with van der Waals surface area (Å²) in [7, 11) is 6.07. The van der Waals surface area contributed by atoms with Gasteiger partial charge in [0.2, 0.25) is 5.91 Å². The summed E-state index contributed by atoms with van der Waals surface area (Å²) >= 11 is 0. The zero-order valence-electron chi connectivity index (χ0n) is 10.9. The summed E-state index contributed by atoms with van der Waals surface area (Å²) in [6.45, 7) is 1.76. The van der Waals surface area contributed by atoms with E-state index in [-0.39, 0.29) is 5.91 Å². The van der Waals surface area contributed by atoms with E-state index in [1.165, 1.54) is 19.3 Å². The Morgan fingerprint density at radius 3 is 2.12 bits per heavy atom. The van der Waals surface area contributed by atoms with E-state index in [4.69, 9.17) is 5.73 Å². The maximum atomic E-state index is 11.9. The number of carbonyl (C=O) groups is 1. The summed E-state index contributed by atoms with van der Waals surface area (Å²) in [5, 5.41) is 0. The summed E-state index contributed by atoms with van der Waals surface area (Å²) in [6.07, 6.45) is 4.75. The molecule has 0 aromatic rings. The summed E-state index contributed by atoms with van der Waals surface area (Å²) in [6, 6.07) is 0.401. The number of likely N-dealkylation sites (N-methyl/N-ethyl adjacent to an activating group) is 2. The van der Waals surface area contributed by atoms with Gasteiger partial charge in [-0.15, -0.1) is 0 Å². The third-order valence-electron chi connectivity index (χ3n) is 3.59. The van der Waals surface area contributed by atoms with Crippen LogP contribution in [-0.4, -0.2) is 55.0 Å². The van der Waals surface area contributed by atoms with E-state index in [0.29, 0.717) is 12.1 Å². The van der Waals surface area contributed by atoms with Gasteiger partial charge in [-0.1, -0.05) is 12.8 Å². The fraction of sp³-hybridized carbons (Fsp3) is 0.917. The Hall–Kier alpha value is -0.610. The first kappa shape index (κ1) is 13.5. The lowest BCUT2D eigenvalue weighted by molar-refractivity contribution is -0.134. The van der Waals surface area contributed by atoms with E-state index in [1.54, 1.807) is 6.92 Å². The molecule has 1 aliphatic rings. The number of nitrogens with zero attached hydrogens (tertiary/aromatic N) is 2. The molecule has 0 aromatic carbocycles. The molecule has 3 atom stereocenters. The maximum absolute atomic E-state index is 11.9. The molecule has 2 unspecified atom stereocenters. The molecule has 4 nitrogen and oxygen atoms in total. The van der Waals surface area contributed by atoms with E-state index in [1.807, 2.05) is 11.9 Å². The lowest BCUT2D eigenvalue weighted by Crippen LogP contribution is -2.54. The Labute approximate surface area is 98.8 Å². The van der Waals surface area contributed by atoms with Gasteiger partial charge >= 0.3 is 0 Å². The molecule has 1 rings (SSSR count). The Balaban J connectivity index is 2.71. The summed E-state index contributed by atoms with van der Waals surface area (Å²) in [5.74, 6) is 0.0544. The lowest BCUT2D eigenvalue weighted by atomic mass is 9.88. The quantitative estimate of drug-likeness (QED) is 0.771. The number of carbonyl (C=O) groups excluding carboxylic acids is 1. The normalized spacial score (nSPS) is 27.9. The number of hydrogen-bond donors (Lipinski definition) is 1. The number of amides is 1. The van der Waals surface area contributed by atoms with Crippen molar-refractivity contribution in [3.8, 4) is 0 Å². The molecule has 1 saturated carbocycles. The molecule has 1 aliphatic carbocycles. The second-order valence-electron chi connectivity index (χ2n) is 5.12. The zero-order valence-corrected chi connectivity index (χ0v) is 10.9. The van der Waals surface area contributed by atoms with E-state index in [0.717, 1.165) is 6.42 Å². The number of hydrogen-bond acceptors (Lipinski definition) is 3. The first-order chi connectivity index (χ1) is 7.45. The average molecular weight is 227 g/mol. The van der Waals surface area contributed by atoms with Crippen LogP contribution in [0.1, 0.15) is 32.6 Å². The zero-order chi connectivity index (χ0) is 12.3. The molecule has 4 heteroatoms. The largest absolute Gasteiger partial charge is 0.340 e. The fourth-order valence-corrected chi connectivity index (χ4v) is 2.63. The highest BCUT2D eigenvalue weighted by molar-refractivity contribution is 5.81. The van der Waals surface area contributed by atoms with Crippen LogP contribution < -0.4 is 5.73 Å². The summed E-state index contributed by atoms with van der Waals surface area (Å²) in [4.78, 5) is 16.0. The highest BCUT2D eigenvalue weighted by Gasteiger charge is 2.32. The smallest absolute Gasteiger partial charge is 0.239 e. The van der Waals surface area contributed by atoms with Crippen LogP contribution >= 0.6 is 0 Å². The van der Waals surface area contributed by atoms with Crippen molar-refractivity contribution in [1.82, 2.24) is 9.80 Å². The molecule has 94 valence electrons. The summed E-state index contributed by atoms with van der Waals surface area (Å²) in [5.41, 5.74) is 5.66. The minimum Gasteiger partial charge on any atom is -0.340 e. The van der Waals surface area contributed by atoms with Crippen LogP contribution in [0.2, 0.25) is 0 Å². The topological polar surface area (TPSA) is 49.6 Å². The van der Waals surface area contributed by atoms with Crippen molar-refractivity contribution in [2.75, 3.05) is 21.1 Å². The van der Waals surface area contributed by atoms with Crippen LogP contribution in [-0.2, 0) is 4.79 Å². The standard InChI is InChI=1S/C12H25N3O/c1-9(13)12(16)15(4)11-8-6-5-7-10(11)14(2)3/h9-11H,5-8,13H2,1-4H3/t9?,10?,11-/m0/s1. The van der Waals surface area contributed by atoms with Crippen molar-refractivity contribution in [3.63, 3.8) is 0 Å². The molecule has 0 aliphatic heterocycles. The van der Waals surface area contributed by atoms with Crippen LogP contribution in [0, 0.1) is 0 Å². The Morgan fingerprint density at radius 1 is 1.19 bits per heavy atom. The maximum Gasteiger partial charge on any atom is 0.239 e. The van der Waals surface area contributed by atoms with E-state index < -0.39 is 6.04 Å². The van der Waals surface area contributed by atoms with E-state index in [2.05, 4.69) is 19.0 Å². The van der Waals surface area contributed by atoms with Crippen LogP contribution in [0.3, 0.4) is 0 Å². The number of nitrogens with two attached hydrogens (primary N) is 1. The summed E-state index contributed by atoms with van der Waals surface area (Å²) < 4.78 is 0. The fourth-order valence-electron chi connectivity index (χ4n) is 2.63. The van der Waals surface area contributed by atoms with Gasteiger partial charge in [0.05, 0.1) is 6.04 Å². The van der Waals surface area contributed by atoms with Crippen molar-refractivity contribution in [2.45, 2.75) is 50.7 Å². The predicted octanol–water partition coefficient (Wildman–Crippen LogP) is 0.665. The molecule has 16 heavy (non-hydrogen) atoms. The van der Waals surface area contributed by atoms with Gasteiger partial charge in [-0.05, 0) is 33.9 Å². The SMILES string of the molecule is CC(N)C(=O)N(C)[C@H]1CCCCC1N(C)C. The van der Waals surface area contributed by atoms with Crippen molar-refractivity contribution in [2.24, 2.45) is 5.73 Å². The molecule has 0 bridgehead atoms. The van der Waals surface area contributed by atoms with Crippen LogP contribution in [0.5, 0.6) is 0 Å². The molecular formula is C12H25N3O. The van der Waals surface area contributed by atoms with Crippen molar-refractivity contribution in [1.29, 1.82) is 0 Å². The molecule has 2 N–H and O–H groups in total. The first-order valence-electron chi connectivity index (χ1n) is 6.13. The van der Waals surface area contributed by atoms with Crippen LogP contribution in [0.25, 0.3) is 0 Å². The van der Waals surface area contributed by atoms with Gasteiger partial charge < -0.3 is 15.5 Å². The predicted molar refractivity (Wildman–Crippen MR) is 66.2 cm³/mol. The molecule has 0 aromatic heterocycles. The van der Waals surface area contributed by atoms with Gasteiger partial charge in [0.25, 0.3) is 0 Å². The van der Waals surface area contributed by atoms with Gasteiger partial charge in [0.1, 0.15) is 0 Å². The van der Waals surface area contributed by atoms with Crippen LogP contribution in [0.4, 0.5) is 0 Å². The monoisotopic (exact) mass is 227 g/mol. The third kappa shape index (κ3) is 2.95. The van der Waals surface area contributed by atoms with Gasteiger partial charge in [0, 0.05) is 19.1 Å². The van der Waals surface area contributed by atoms with Crippen molar-refractivity contribution >= 4 is 5.91 Å². The average Bonchev–Trinajstić information content (AvgIpc) is 2.26. The van der Waals surface area contributed by atoms with Gasteiger partial charge in [-0.3, -0.25) is 4.79 Å². The lowest BCUT2D eigenvalue weighted by Gasteiger charge is -2.41.